The molecule has 1 aromatic carbocycles. The molecule has 0 radical (unpaired) electrons. The number of halogens is 1. The maximum Gasteiger partial charge on any atom is 0.261 e. The highest BCUT2D eigenvalue weighted by atomic mass is 35.5. The third-order valence-electron chi connectivity index (χ3n) is 4.05. The lowest BCUT2D eigenvalue weighted by molar-refractivity contribution is -0.128. The van der Waals surface area contributed by atoms with Crippen LogP contribution in [0.25, 0.3) is 0 Å². The molecular weight excluding hydrogens is 300 g/mol. The third kappa shape index (κ3) is 5.85. The summed E-state index contributed by atoms with van der Waals surface area (Å²) < 4.78 is 5.84. The van der Waals surface area contributed by atoms with E-state index in [-0.39, 0.29) is 23.9 Å². The summed E-state index contributed by atoms with van der Waals surface area (Å²) in [5.74, 6) is 0.655. The van der Waals surface area contributed by atoms with E-state index in [2.05, 4.69) is 5.32 Å². The van der Waals surface area contributed by atoms with Gasteiger partial charge in [-0.3, -0.25) is 4.79 Å². The molecule has 0 aliphatic heterocycles. The Morgan fingerprint density at radius 3 is 2.36 bits per heavy atom. The normalized spacial score (nSPS) is 12.2. The van der Waals surface area contributed by atoms with Crippen molar-refractivity contribution in [3.63, 3.8) is 0 Å². The number of amides is 1. The van der Waals surface area contributed by atoms with Crippen LogP contribution in [-0.4, -0.2) is 24.1 Å². The molecular formula is C17H29ClN2O2. The van der Waals surface area contributed by atoms with Crippen LogP contribution in [0.2, 0.25) is 0 Å². The van der Waals surface area contributed by atoms with Crippen LogP contribution in [-0.2, 0) is 4.79 Å². The molecule has 1 atom stereocenters. The lowest BCUT2D eigenvalue weighted by atomic mass is 9.94. The first-order chi connectivity index (χ1) is 9.95. The molecule has 4 nitrogen and oxygen atoms in total. The van der Waals surface area contributed by atoms with Crippen LogP contribution in [0.5, 0.6) is 5.75 Å². The van der Waals surface area contributed by atoms with Gasteiger partial charge in [-0.15, -0.1) is 12.4 Å². The monoisotopic (exact) mass is 328 g/mol. The van der Waals surface area contributed by atoms with E-state index >= 15 is 0 Å². The van der Waals surface area contributed by atoms with Gasteiger partial charge in [0.2, 0.25) is 0 Å². The van der Waals surface area contributed by atoms with E-state index in [1.54, 1.807) is 0 Å². The van der Waals surface area contributed by atoms with Gasteiger partial charge >= 0.3 is 0 Å². The topological polar surface area (TPSA) is 64.3 Å². The molecule has 0 spiro atoms. The Hall–Kier alpha value is -1.26. The van der Waals surface area contributed by atoms with E-state index in [9.17, 15) is 4.79 Å². The van der Waals surface area contributed by atoms with Gasteiger partial charge in [-0.05, 0) is 37.8 Å². The number of rotatable bonds is 8. The van der Waals surface area contributed by atoms with Crippen LogP contribution in [0.4, 0.5) is 0 Å². The van der Waals surface area contributed by atoms with E-state index in [1.165, 1.54) is 0 Å². The summed E-state index contributed by atoms with van der Waals surface area (Å²) in [7, 11) is 0. The minimum absolute atomic E-state index is 0. The van der Waals surface area contributed by atoms with Crippen LogP contribution < -0.4 is 15.8 Å². The molecule has 0 aliphatic carbocycles. The van der Waals surface area contributed by atoms with E-state index in [1.807, 2.05) is 52.0 Å². The number of nitrogens with one attached hydrogen (secondary N) is 1. The van der Waals surface area contributed by atoms with Gasteiger partial charge < -0.3 is 15.8 Å². The number of carbonyl (C=O) groups is 1. The molecule has 0 aromatic heterocycles. The summed E-state index contributed by atoms with van der Waals surface area (Å²) in [6.07, 6.45) is 1.80. The van der Waals surface area contributed by atoms with Crippen molar-refractivity contribution in [2.24, 2.45) is 5.73 Å². The Balaban J connectivity index is 0.00000441. The Morgan fingerprint density at radius 2 is 1.86 bits per heavy atom. The number of benzene rings is 1. The van der Waals surface area contributed by atoms with Gasteiger partial charge in [0.05, 0.1) is 0 Å². The minimum Gasteiger partial charge on any atom is -0.480 e. The first-order valence-corrected chi connectivity index (χ1v) is 7.74. The lowest BCUT2D eigenvalue weighted by Gasteiger charge is -2.28. The Kier molecular flexibility index (Phi) is 9.14. The first kappa shape index (κ1) is 20.7. The van der Waals surface area contributed by atoms with Crippen molar-refractivity contribution < 1.29 is 9.53 Å². The zero-order valence-corrected chi connectivity index (χ0v) is 14.8. The molecule has 5 heteroatoms. The molecule has 0 fully saturated rings. The number of aryl methyl sites for hydroxylation is 1. The molecule has 1 amide bonds. The number of carbonyl (C=O) groups excluding carboxylic acids is 1. The highest BCUT2D eigenvalue weighted by Crippen LogP contribution is 2.19. The second-order valence-corrected chi connectivity index (χ2v) is 5.57. The SMILES string of the molecule is CCC(Oc1ccccc1C)C(=O)NCC(N)(CC)CC.Cl. The first-order valence-electron chi connectivity index (χ1n) is 7.74. The van der Waals surface area contributed by atoms with Gasteiger partial charge in [0.1, 0.15) is 5.75 Å². The third-order valence-corrected chi connectivity index (χ3v) is 4.05. The Labute approximate surface area is 140 Å². The standard InChI is InChI=1S/C17H28N2O2.ClH/c1-5-14(21-15-11-9-8-10-13(15)4)16(20)19-12-17(18,6-2)7-3;/h8-11,14H,5-7,12,18H2,1-4H3,(H,19,20);1H. The number of para-hydroxylation sites is 1. The van der Waals surface area contributed by atoms with Crippen molar-refractivity contribution >= 4 is 18.3 Å². The van der Waals surface area contributed by atoms with Gasteiger partial charge in [-0.1, -0.05) is 39.0 Å². The second-order valence-electron chi connectivity index (χ2n) is 5.57. The molecule has 0 heterocycles. The average Bonchev–Trinajstić information content (AvgIpc) is 2.51. The highest BCUT2D eigenvalue weighted by molar-refractivity contribution is 5.85. The summed E-state index contributed by atoms with van der Waals surface area (Å²) >= 11 is 0. The number of hydrogen-bond donors (Lipinski definition) is 2. The fourth-order valence-corrected chi connectivity index (χ4v) is 2.04. The van der Waals surface area contributed by atoms with E-state index in [4.69, 9.17) is 10.5 Å². The van der Waals surface area contributed by atoms with E-state index in [0.717, 1.165) is 24.2 Å². The van der Waals surface area contributed by atoms with Gasteiger partial charge in [-0.25, -0.2) is 0 Å². The Bertz CT molecular complexity index is 462. The smallest absolute Gasteiger partial charge is 0.261 e. The van der Waals surface area contributed by atoms with Crippen LogP contribution >= 0.6 is 12.4 Å². The molecule has 3 N–H and O–H groups in total. The van der Waals surface area contributed by atoms with E-state index in [0.29, 0.717) is 13.0 Å². The van der Waals surface area contributed by atoms with Crippen LogP contribution in [0.3, 0.4) is 0 Å². The quantitative estimate of drug-likeness (QED) is 0.770. The molecule has 0 aliphatic rings. The summed E-state index contributed by atoms with van der Waals surface area (Å²) in [5, 5.41) is 2.93. The molecule has 0 bridgehead atoms. The fraction of sp³-hybridized carbons (Fsp3) is 0.588. The average molecular weight is 329 g/mol. The van der Waals surface area contributed by atoms with Crippen molar-refractivity contribution in [1.82, 2.24) is 5.32 Å². The van der Waals surface area contributed by atoms with Crippen molar-refractivity contribution in [3.8, 4) is 5.75 Å². The zero-order valence-electron chi connectivity index (χ0n) is 14.0. The summed E-state index contributed by atoms with van der Waals surface area (Å²) in [6, 6.07) is 7.72. The van der Waals surface area contributed by atoms with Crippen molar-refractivity contribution in [2.45, 2.75) is 58.6 Å². The van der Waals surface area contributed by atoms with Crippen molar-refractivity contribution in [2.75, 3.05) is 6.54 Å². The van der Waals surface area contributed by atoms with Crippen LogP contribution in [0.15, 0.2) is 24.3 Å². The predicted octanol–water partition coefficient (Wildman–Crippen LogP) is 3.21. The molecule has 1 rings (SSSR count). The number of nitrogens with two attached hydrogens (primary N) is 1. The largest absolute Gasteiger partial charge is 0.480 e. The van der Waals surface area contributed by atoms with Crippen LogP contribution in [0.1, 0.15) is 45.6 Å². The van der Waals surface area contributed by atoms with Gasteiger partial charge in [0, 0.05) is 12.1 Å². The molecule has 126 valence electrons. The highest BCUT2D eigenvalue weighted by Gasteiger charge is 2.24. The van der Waals surface area contributed by atoms with Crippen molar-refractivity contribution in [1.29, 1.82) is 0 Å². The van der Waals surface area contributed by atoms with Crippen LogP contribution in [0, 0.1) is 6.92 Å². The lowest BCUT2D eigenvalue weighted by Crippen LogP contribution is -2.51. The maximum atomic E-state index is 12.3. The zero-order chi connectivity index (χ0) is 15.9. The molecule has 1 aromatic rings. The molecule has 1 unspecified atom stereocenters. The Morgan fingerprint density at radius 1 is 1.27 bits per heavy atom. The minimum atomic E-state index is -0.482. The molecule has 0 saturated heterocycles. The summed E-state index contributed by atoms with van der Waals surface area (Å²) in [4.78, 5) is 12.3. The van der Waals surface area contributed by atoms with E-state index < -0.39 is 6.10 Å². The number of hydrogen-bond acceptors (Lipinski definition) is 3. The summed E-state index contributed by atoms with van der Waals surface area (Å²) in [6.45, 7) is 8.47. The molecule has 0 saturated carbocycles. The second kappa shape index (κ2) is 9.70. The van der Waals surface area contributed by atoms with Gasteiger partial charge in [0.25, 0.3) is 5.91 Å². The predicted molar refractivity (Wildman–Crippen MR) is 93.6 cm³/mol. The fourth-order valence-electron chi connectivity index (χ4n) is 2.04. The molecule has 22 heavy (non-hydrogen) atoms. The number of ether oxygens (including phenoxy) is 1. The summed E-state index contributed by atoms with van der Waals surface area (Å²) in [5.41, 5.74) is 6.90. The van der Waals surface area contributed by atoms with Crippen molar-refractivity contribution in [3.05, 3.63) is 29.8 Å². The van der Waals surface area contributed by atoms with Gasteiger partial charge in [-0.2, -0.15) is 0 Å². The maximum absolute atomic E-state index is 12.3. The van der Waals surface area contributed by atoms with Gasteiger partial charge in [0.15, 0.2) is 6.10 Å².